The van der Waals surface area contributed by atoms with Gasteiger partial charge in [-0.1, -0.05) is 34.1 Å². The summed E-state index contributed by atoms with van der Waals surface area (Å²) >= 11 is 0. The zero-order chi connectivity index (χ0) is 29.1. The van der Waals surface area contributed by atoms with E-state index in [1.165, 1.54) is 12.1 Å². The predicted octanol–water partition coefficient (Wildman–Crippen LogP) is 6.76. The van der Waals surface area contributed by atoms with Crippen LogP contribution >= 0.6 is 0 Å². The monoisotopic (exact) mass is 552 g/mol. The van der Waals surface area contributed by atoms with Crippen LogP contribution in [0.25, 0.3) is 22.3 Å². The molecule has 3 rings (SSSR count). The molecule has 0 aliphatic heterocycles. The molecule has 0 amide bonds. The number of fused-ring (bicyclic) bond motifs is 1. The van der Waals surface area contributed by atoms with Gasteiger partial charge >= 0.3 is 17.9 Å². The van der Waals surface area contributed by atoms with Crippen molar-refractivity contribution in [3.05, 3.63) is 46.6 Å². The Morgan fingerprint density at radius 2 is 1.30 bits per heavy atom. The largest absolute Gasteiger partial charge is 0.486 e. The van der Waals surface area contributed by atoms with Gasteiger partial charge in [0.1, 0.15) is 28.2 Å². The Labute approximate surface area is 233 Å². The van der Waals surface area contributed by atoms with E-state index in [1.54, 1.807) is 24.3 Å². The fourth-order valence-electron chi connectivity index (χ4n) is 3.85. The van der Waals surface area contributed by atoms with E-state index < -0.39 is 17.4 Å². The number of ether oxygens (including phenoxy) is 4. The predicted molar refractivity (Wildman–Crippen MR) is 150 cm³/mol. The van der Waals surface area contributed by atoms with E-state index in [9.17, 15) is 19.2 Å². The Kier molecular flexibility index (Phi) is 11.3. The molecule has 1 heterocycles. The van der Waals surface area contributed by atoms with Crippen molar-refractivity contribution in [2.75, 3.05) is 6.61 Å². The van der Waals surface area contributed by atoms with Gasteiger partial charge in [-0.3, -0.25) is 19.2 Å². The van der Waals surface area contributed by atoms with Crippen molar-refractivity contribution in [1.82, 2.24) is 0 Å². The molecule has 0 atom stereocenters. The second-order valence-electron chi connectivity index (χ2n) is 9.28. The van der Waals surface area contributed by atoms with Gasteiger partial charge in [0.2, 0.25) is 11.2 Å². The minimum absolute atomic E-state index is 0.0000998. The Morgan fingerprint density at radius 1 is 0.725 bits per heavy atom. The smallest absolute Gasteiger partial charge is 0.311 e. The van der Waals surface area contributed by atoms with Crippen molar-refractivity contribution in [2.24, 2.45) is 0 Å². The number of hydrogen-bond acceptors (Lipinski definition) is 9. The number of carbonyl (C=O) groups is 3. The highest BCUT2D eigenvalue weighted by molar-refractivity contribution is 5.91. The third kappa shape index (κ3) is 7.94. The lowest BCUT2D eigenvalue weighted by molar-refractivity contribution is -0.135. The highest BCUT2D eigenvalue weighted by Crippen LogP contribution is 2.37. The Balaban J connectivity index is 2.18. The first kappa shape index (κ1) is 30.4. The maximum absolute atomic E-state index is 13.8. The van der Waals surface area contributed by atoms with Crippen LogP contribution in [0, 0.1) is 0 Å². The third-order valence-electron chi connectivity index (χ3n) is 5.80. The number of carbonyl (C=O) groups excluding carboxylic acids is 3. The van der Waals surface area contributed by atoms with Crippen LogP contribution < -0.4 is 24.4 Å². The van der Waals surface area contributed by atoms with Crippen molar-refractivity contribution >= 4 is 28.9 Å². The summed E-state index contributed by atoms with van der Waals surface area (Å²) in [5.74, 6) is -0.885. The van der Waals surface area contributed by atoms with Gasteiger partial charge in [0.15, 0.2) is 5.76 Å². The molecule has 0 N–H and O–H groups in total. The van der Waals surface area contributed by atoms with Gasteiger partial charge in [0, 0.05) is 37.0 Å². The van der Waals surface area contributed by atoms with Gasteiger partial charge in [0.05, 0.1) is 6.61 Å². The van der Waals surface area contributed by atoms with Crippen molar-refractivity contribution in [3.8, 4) is 34.3 Å². The lowest BCUT2D eigenvalue weighted by Gasteiger charge is -2.15. The third-order valence-corrected chi connectivity index (χ3v) is 5.80. The first-order valence-corrected chi connectivity index (χ1v) is 13.8. The summed E-state index contributed by atoms with van der Waals surface area (Å²) in [5, 5.41) is 0.0000998. The van der Waals surface area contributed by atoms with Crippen molar-refractivity contribution in [1.29, 1.82) is 0 Å². The van der Waals surface area contributed by atoms with Crippen LogP contribution in [-0.4, -0.2) is 24.5 Å². The fourth-order valence-corrected chi connectivity index (χ4v) is 3.85. The molecule has 0 saturated carbocycles. The van der Waals surface area contributed by atoms with Gasteiger partial charge in [-0.05, 0) is 49.9 Å². The zero-order valence-corrected chi connectivity index (χ0v) is 23.5. The van der Waals surface area contributed by atoms with E-state index in [4.69, 9.17) is 23.4 Å². The Hall–Kier alpha value is -4.14. The van der Waals surface area contributed by atoms with E-state index in [0.717, 1.165) is 6.42 Å². The Bertz CT molecular complexity index is 1390. The molecule has 0 saturated heterocycles. The number of benzene rings is 2. The topological polar surface area (TPSA) is 118 Å². The van der Waals surface area contributed by atoms with E-state index in [-0.39, 0.29) is 59.4 Å². The van der Waals surface area contributed by atoms with E-state index in [2.05, 4.69) is 0 Å². The molecule has 0 aliphatic rings. The van der Waals surface area contributed by atoms with Gasteiger partial charge < -0.3 is 23.4 Å². The quantitative estimate of drug-likeness (QED) is 0.121. The molecule has 9 nitrogen and oxygen atoms in total. The maximum atomic E-state index is 13.8. The van der Waals surface area contributed by atoms with Crippen LogP contribution in [0.5, 0.6) is 23.0 Å². The molecule has 3 aromatic rings. The van der Waals surface area contributed by atoms with Gasteiger partial charge in [0.25, 0.3) is 0 Å². The van der Waals surface area contributed by atoms with Crippen molar-refractivity contribution in [2.45, 2.75) is 79.1 Å². The lowest BCUT2D eigenvalue weighted by Crippen LogP contribution is -2.15. The zero-order valence-electron chi connectivity index (χ0n) is 23.5. The summed E-state index contributed by atoms with van der Waals surface area (Å²) in [4.78, 5) is 50.3. The lowest BCUT2D eigenvalue weighted by atomic mass is 10.1. The van der Waals surface area contributed by atoms with Crippen LogP contribution in [0.15, 0.2) is 45.6 Å². The number of hydrogen-bond donors (Lipinski definition) is 0. The van der Waals surface area contributed by atoms with Crippen molar-refractivity contribution in [3.63, 3.8) is 0 Å². The number of esters is 3. The van der Waals surface area contributed by atoms with Gasteiger partial charge in [-0.15, -0.1) is 0 Å². The summed E-state index contributed by atoms with van der Waals surface area (Å²) in [5.41, 5.74) is 0.0256. The van der Waals surface area contributed by atoms with Crippen molar-refractivity contribution < 1.29 is 37.7 Å². The minimum atomic E-state index is -0.536. The van der Waals surface area contributed by atoms with Crippen LogP contribution in [0.4, 0.5) is 0 Å². The van der Waals surface area contributed by atoms with Gasteiger partial charge in [-0.25, -0.2) is 0 Å². The van der Waals surface area contributed by atoms with Crippen LogP contribution in [0.1, 0.15) is 79.1 Å². The number of rotatable bonds is 14. The van der Waals surface area contributed by atoms with E-state index >= 15 is 0 Å². The van der Waals surface area contributed by atoms with E-state index in [1.807, 2.05) is 27.7 Å². The first-order valence-electron chi connectivity index (χ1n) is 13.8. The highest BCUT2D eigenvalue weighted by Gasteiger charge is 2.23. The fraction of sp³-hybridized carbons (Fsp3) is 0.419. The van der Waals surface area contributed by atoms with Crippen LogP contribution in [0.3, 0.4) is 0 Å². The second kappa shape index (κ2) is 14.9. The summed E-state index contributed by atoms with van der Waals surface area (Å²) in [6.45, 7) is 7.83. The molecule has 2 aromatic carbocycles. The van der Waals surface area contributed by atoms with Crippen LogP contribution in [-0.2, 0) is 14.4 Å². The average molecular weight is 553 g/mol. The first-order chi connectivity index (χ1) is 19.3. The summed E-state index contributed by atoms with van der Waals surface area (Å²) in [6, 6.07) is 9.27. The molecular weight excluding hydrogens is 516 g/mol. The molecular formula is C31H36O9. The molecule has 0 radical (unpaired) electrons. The summed E-state index contributed by atoms with van der Waals surface area (Å²) in [6.07, 6.45) is 3.99. The average Bonchev–Trinajstić information content (AvgIpc) is 2.90. The summed E-state index contributed by atoms with van der Waals surface area (Å²) < 4.78 is 28.4. The highest BCUT2D eigenvalue weighted by atomic mass is 16.5. The molecule has 40 heavy (non-hydrogen) atoms. The molecule has 0 bridgehead atoms. The van der Waals surface area contributed by atoms with Gasteiger partial charge in [-0.2, -0.15) is 0 Å². The molecule has 0 spiro atoms. The maximum Gasteiger partial charge on any atom is 0.311 e. The molecule has 0 fully saturated rings. The number of unbranched alkanes of at least 4 members (excludes halogenated alkanes) is 1. The molecule has 1 aromatic heterocycles. The molecule has 9 heteroatoms. The SMILES string of the molecule is CCCCOc1c(-c2ccc(OC(=O)CCC)cc2)oc2cc(OC(=O)CCC)cc(OC(=O)CCC)c2c1=O. The van der Waals surface area contributed by atoms with E-state index in [0.29, 0.717) is 43.4 Å². The Morgan fingerprint density at radius 3 is 1.88 bits per heavy atom. The summed E-state index contributed by atoms with van der Waals surface area (Å²) in [7, 11) is 0. The van der Waals surface area contributed by atoms with Crippen LogP contribution in [0.2, 0.25) is 0 Å². The normalized spacial score (nSPS) is 10.8. The molecule has 214 valence electrons. The standard InChI is InChI=1S/C31H36O9/c1-5-9-17-36-31-29(35)28-23(39-27(34)12-8-4)18-22(38-26(33)11-7-3)19-24(28)40-30(31)20-13-15-21(16-14-20)37-25(32)10-6-2/h13-16,18-19H,5-12,17H2,1-4H3. The molecule has 0 unspecified atom stereocenters. The minimum Gasteiger partial charge on any atom is -0.486 e. The second-order valence-corrected chi connectivity index (χ2v) is 9.28. The molecule has 0 aliphatic carbocycles.